The molecule has 3 rings (SSSR count). The highest BCUT2D eigenvalue weighted by atomic mass is 32.1. The average Bonchev–Trinajstić information content (AvgIpc) is 3.15. The van der Waals surface area contributed by atoms with Gasteiger partial charge in [0.1, 0.15) is 12.0 Å². The lowest BCUT2D eigenvalue weighted by Crippen LogP contribution is -2.38. The van der Waals surface area contributed by atoms with Gasteiger partial charge in [-0.15, -0.1) is 11.3 Å². The maximum Gasteiger partial charge on any atom is 0.194 e. The fourth-order valence-corrected chi connectivity index (χ4v) is 2.77. The van der Waals surface area contributed by atoms with Gasteiger partial charge in [-0.2, -0.15) is 0 Å². The molecule has 0 atom stereocenters. The standard InChI is InChI=1S/C13H16N6OS/c1-14-12(18(2)8-10-3-5-20-17-10)15-7-11-9-19-4-6-21-13(19)16-11/h3-6,9H,7-8H2,1-2H3,(H,14,15). The van der Waals surface area contributed by atoms with E-state index in [2.05, 4.69) is 20.4 Å². The summed E-state index contributed by atoms with van der Waals surface area (Å²) in [7, 11) is 3.71. The van der Waals surface area contributed by atoms with Crippen molar-refractivity contribution in [2.45, 2.75) is 13.1 Å². The van der Waals surface area contributed by atoms with Crippen molar-refractivity contribution in [3.8, 4) is 0 Å². The van der Waals surface area contributed by atoms with Crippen LogP contribution in [0.15, 0.2) is 39.6 Å². The zero-order chi connectivity index (χ0) is 14.7. The molecule has 110 valence electrons. The number of fused-ring (bicyclic) bond motifs is 1. The summed E-state index contributed by atoms with van der Waals surface area (Å²) in [6.45, 7) is 1.26. The fraction of sp³-hybridized carbons (Fsp3) is 0.308. The second kappa shape index (κ2) is 5.96. The number of hydrogen-bond donors (Lipinski definition) is 1. The molecule has 0 aromatic carbocycles. The molecule has 0 unspecified atom stereocenters. The second-order valence-electron chi connectivity index (χ2n) is 4.57. The minimum atomic E-state index is 0.629. The summed E-state index contributed by atoms with van der Waals surface area (Å²) < 4.78 is 6.85. The Morgan fingerprint density at radius 2 is 2.43 bits per heavy atom. The Morgan fingerprint density at radius 1 is 1.52 bits per heavy atom. The van der Waals surface area contributed by atoms with Crippen LogP contribution in [0.1, 0.15) is 11.4 Å². The zero-order valence-electron chi connectivity index (χ0n) is 11.9. The monoisotopic (exact) mass is 304 g/mol. The second-order valence-corrected chi connectivity index (χ2v) is 5.45. The van der Waals surface area contributed by atoms with Crippen LogP contribution in [0, 0.1) is 0 Å². The molecular weight excluding hydrogens is 288 g/mol. The molecule has 3 heterocycles. The molecule has 3 aromatic rings. The number of nitrogens with zero attached hydrogens (tertiary/aromatic N) is 5. The molecule has 0 aliphatic carbocycles. The van der Waals surface area contributed by atoms with Crippen molar-refractivity contribution in [3.63, 3.8) is 0 Å². The number of aliphatic imine (C=N–C) groups is 1. The van der Waals surface area contributed by atoms with E-state index in [9.17, 15) is 0 Å². The summed E-state index contributed by atoms with van der Waals surface area (Å²) in [4.78, 5) is 11.8. The minimum absolute atomic E-state index is 0.629. The lowest BCUT2D eigenvalue weighted by atomic mass is 10.4. The molecule has 3 aromatic heterocycles. The summed E-state index contributed by atoms with van der Waals surface area (Å²) in [6, 6.07) is 1.84. The van der Waals surface area contributed by atoms with Gasteiger partial charge in [-0.05, 0) is 0 Å². The Balaban J connectivity index is 1.60. The quantitative estimate of drug-likeness (QED) is 0.585. The van der Waals surface area contributed by atoms with Crippen molar-refractivity contribution in [1.29, 1.82) is 0 Å². The van der Waals surface area contributed by atoms with Gasteiger partial charge >= 0.3 is 0 Å². The fourth-order valence-electron chi connectivity index (χ4n) is 2.05. The van der Waals surface area contributed by atoms with Crippen LogP contribution in [0.5, 0.6) is 0 Å². The Bertz CT molecular complexity index is 700. The first-order valence-electron chi connectivity index (χ1n) is 6.48. The maximum atomic E-state index is 4.83. The van der Waals surface area contributed by atoms with Gasteiger partial charge in [-0.25, -0.2) is 4.98 Å². The lowest BCUT2D eigenvalue weighted by Gasteiger charge is -2.20. The number of hydrogen-bond acceptors (Lipinski definition) is 5. The number of thiazole rings is 1. The van der Waals surface area contributed by atoms with Crippen LogP contribution in [-0.4, -0.2) is 39.5 Å². The number of imidazole rings is 1. The van der Waals surface area contributed by atoms with E-state index in [1.165, 1.54) is 0 Å². The molecule has 0 bridgehead atoms. The Morgan fingerprint density at radius 3 is 3.14 bits per heavy atom. The molecule has 21 heavy (non-hydrogen) atoms. The number of nitrogens with one attached hydrogen (secondary N) is 1. The van der Waals surface area contributed by atoms with Crippen molar-refractivity contribution in [1.82, 2.24) is 24.8 Å². The third-order valence-electron chi connectivity index (χ3n) is 3.03. The van der Waals surface area contributed by atoms with Gasteiger partial charge in [0.15, 0.2) is 10.9 Å². The van der Waals surface area contributed by atoms with Gasteiger partial charge in [-0.1, -0.05) is 5.16 Å². The van der Waals surface area contributed by atoms with E-state index < -0.39 is 0 Å². The molecule has 8 heteroatoms. The summed E-state index contributed by atoms with van der Waals surface area (Å²) in [5.74, 6) is 0.786. The Labute approximate surface area is 125 Å². The molecule has 0 amide bonds. The van der Waals surface area contributed by atoms with Crippen LogP contribution in [0.3, 0.4) is 0 Å². The van der Waals surface area contributed by atoms with Crippen LogP contribution in [0.4, 0.5) is 0 Å². The largest absolute Gasteiger partial charge is 0.364 e. The Hall–Kier alpha value is -2.35. The number of aromatic nitrogens is 3. The van der Waals surface area contributed by atoms with E-state index in [-0.39, 0.29) is 0 Å². The molecule has 7 nitrogen and oxygen atoms in total. The summed E-state index contributed by atoms with van der Waals surface area (Å²) in [6.07, 6.45) is 5.59. The highest BCUT2D eigenvalue weighted by molar-refractivity contribution is 7.15. The summed E-state index contributed by atoms with van der Waals surface area (Å²) in [5, 5.41) is 9.21. The first-order chi connectivity index (χ1) is 10.3. The third kappa shape index (κ3) is 3.05. The molecular formula is C13H16N6OS. The maximum absolute atomic E-state index is 4.83. The van der Waals surface area contributed by atoms with Gasteiger partial charge < -0.3 is 14.7 Å². The first-order valence-corrected chi connectivity index (χ1v) is 7.36. The smallest absolute Gasteiger partial charge is 0.194 e. The Kier molecular flexibility index (Phi) is 3.87. The molecule has 0 saturated carbocycles. The van der Waals surface area contributed by atoms with Crippen molar-refractivity contribution >= 4 is 22.3 Å². The molecule has 0 radical (unpaired) electrons. The average molecular weight is 304 g/mol. The predicted octanol–water partition coefficient (Wildman–Crippen LogP) is 1.59. The normalized spacial score (nSPS) is 12.0. The molecule has 1 N–H and O–H groups in total. The molecule has 0 aliphatic heterocycles. The first kappa shape index (κ1) is 13.6. The van der Waals surface area contributed by atoms with Crippen LogP contribution in [0.2, 0.25) is 0 Å². The minimum Gasteiger partial charge on any atom is -0.364 e. The predicted molar refractivity (Wildman–Crippen MR) is 81.2 cm³/mol. The van der Waals surface area contributed by atoms with Gasteiger partial charge in [0.2, 0.25) is 0 Å². The molecule has 0 fully saturated rings. The van der Waals surface area contributed by atoms with E-state index in [4.69, 9.17) is 4.52 Å². The van der Waals surface area contributed by atoms with Crippen LogP contribution in [0.25, 0.3) is 4.96 Å². The summed E-state index contributed by atoms with van der Waals surface area (Å²) >= 11 is 1.62. The van der Waals surface area contributed by atoms with Crippen LogP contribution < -0.4 is 5.32 Å². The molecule has 0 spiro atoms. The molecule has 0 aliphatic rings. The van der Waals surface area contributed by atoms with E-state index in [1.54, 1.807) is 24.6 Å². The topological polar surface area (TPSA) is 71.0 Å². The lowest BCUT2D eigenvalue weighted by molar-refractivity contribution is 0.391. The zero-order valence-corrected chi connectivity index (χ0v) is 12.7. The van der Waals surface area contributed by atoms with Crippen molar-refractivity contribution < 1.29 is 4.52 Å². The van der Waals surface area contributed by atoms with E-state index in [0.29, 0.717) is 13.1 Å². The SMILES string of the molecule is CN=C(NCc1cn2ccsc2n1)N(C)Cc1ccon1. The van der Waals surface area contributed by atoms with Crippen molar-refractivity contribution in [2.75, 3.05) is 14.1 Å². The van der Waals surface area contributed by atoms with Gasteiger partial charge in [-0.3, -0.25) is 9.39 Å². The third-order valence-corrected chi connectivity index (χ3v) is 3.81. The highest BCUT2D eigenvalue weighted by Crippen LogP contribution is 2.11. The van der Waals surface area contributed by atoms with Crippen molar-refractivity contribution in [2.24, 2.45) is 4.99 Å². The van der Waals surface area contributed by atoms with Gasteiger partial charge in [0, 0.05) is 37.9 Å². The highest BCUT2D eigenvalue weighted by Gasteiger charge is 2.09. The van der Waals surface area contributed by atoms with Gasteiger partial charge in [0.25, 0.3) is 0 Å². The van der Waals surface area contributed by atoms with Gasteiger partial charge in [0.05, 0.1) is 18.8 Å². The van der Waals surface area contributed by atoms with E-state index in [1.807, 2.05) is 40.2 Å². The molecule has 0 saturated heterocycles. The van der Waals surface area contributed by atoms with Crippen molar-refractivity contribution in [3.05, 3.63) is 41.5 Å². The van der Waals surface area contributed by atoms with Crippen LogP contribution >= 0.6 is 11.3 Å². The van der Waals surface area contributed by atoms with E-state index >= 15 is 0 Å². The number of rotatable bonds is 4. The number of guanidine groups is 1. The van der Waals surface area contributed by atoms with E-state index in [0.717, 1.165) is 22.3 Å². The summed E-state index contributed by atoms with van der Waals surface area (Å²) in [5.41, 5.74) is 1.85. The van der Waals surface area contributed by atoms with Crippen LogP contribution in [-0.2, 0) is 13.1 Å².